The van der Waals surface area contributed by atoms with Gasteiger partial charge in [0.2, 0.25) is 5.91 Å². The number of amides is 1. The Morgan fingerprint density at radius 2 is 2.36 bits per heavy atom. The summed E-state index contributed by atoms with van der Waals surface area (Å²) in [7, 11) is 0. The monoisotopic (exact) mass is 364 g/mol. The first-order valence-corrected chi connectivity index (χ1v) is 8.75. The molecule has 0 saturated carbocycles. The molecule has 1 amide bonds. The van der Waals surface area contributed by atoms with E-state index in [-0.39, 0.29) is 24.4 Å². The highest BCUT2D eigenvalue weighted by atomic mass is 35.5. The quantitative estimate of drug-likeness (QED) is 0.809. The van der Waals surface area contributed by atoms with E-state index >= 15 is 0 Å². The van der Waals surface area contributed by atoms with Crippen LogP contribution >= 0.6 is 35.8 Å². The van der Waals surface area contributed by atoms with Crippen LogP contribution in [0.4, 0.5) is 5.69 Å². The zero-order chi connectivity index (χ0) is 15.1. The molecule has 1 heterocycles. The van der Waals surface area contributed by atoms with Gasteiger partial charge in [-0.25, -0.2) is 0 Å². The molecule has 1 aromatic rings. The fourth-order valence-corrected chi connectivity index (χ4v) is 3.28. The second-order valence-electron chi connectivity index (χ2n) is 4.97. The molecule has 1 fully saturated rings. The van der Waals surface area contributed by atoms with Gasteiger partial charge in [0.05, 0.1) is 11.6 Å². The number of halogens is 2. The molecule has 4 nitrogen and oxygen atoms in total. The normalized spacial score (nSPS) is 17.5. The van der Waals surface area contributed by atoms with Gasteiger partial charge in [0.15, 0.2) is 0 Å². The van der Waals surface area contributed by atoms with Crippen molar-refractivity contribution in [3.05, 3.63) is 23.2 Å². The molecule has 0 aromatic heterocycles. The first kappa shape index (κ1) is 19.4. The molecule has 124 valence electrons. The van der Waals surface area contributed by atoms with Crippen molar-refractivity contribution in [2.24, 2.45) is 0 Å². The summed E-state index contributed by atoms with van der Waals surface area (Å²) in [5.74, 6) is 2.76. The highest BCUT2D eigenvalue weighted by Gasteiger charge is 2.17. The molecule has 1 aromatic carbocycles. The molecule has 0 bridgehead atoms. The van der Waals surface area contributed by atoms with Gasteiger partial charge < -0.3 is 15.4 Å². The maximum Gasteiger partial charge on any atom is 0.225 e. The average molecular weight is 365 g/mol. The molecule has 22 heavy (non-hydrogen) atoms. The number of carbonyl (C=O) groups excluding carboxylic acids is 1. The van der Waals surface area contributed by atoms with E-state index in [1.807, 2.05) is 24.8 Å². The summed E-state index contributed by atoms with van der Waals surface area (Å²) in [5, 5.41) is 6.76. The van der Waals surface area contributed by atoms with Crippen molar-refractivity contribution in [1.29, 1.82) is 0 Å². The summed E-state index contributed by atoms with van der Waals surface area (Å²) >= 11 is 8.03. The number of nitrogens with one attached hydrogen (secondary N) is 2. The van der Waals surface area contributed by atoms with Crippen molar-refractivity contribution in [2.75, 3.05) is 30.0 Å². The van der Waals surface area contributed by atoms with Gasteiger partial charge in [-0.05, 0) is 24.6 Å². The van der Waals surface area contributed by atoms with Crippen molar-refractivity contribution < 1.29 is 9.53 Å². The van der Waals surface area contributed by atoms with E-state index in [1.165, 1.54) is 0 Å². The van der Waals surface area contributed by atoms with E-state index in [9.17, 15) is 4.79 Å². The van der Waals surface area contributed by atoms with Gasteiger partial charge >= 0.3 is 0 Å². The Morgan fingerprint density at radius 1 is 1.55 bits per heavy atom. The summed E-state index contributed by atoms with van der Waals surface area (Å²) in [4.78, 5) is 12.0. The second kappa shape index (κ2) is 10.2. The van der Waals surface area contributed by atoms with E-state index in [4.69, 9.17) is 16.3 Å². The molecule has 0 spiro atoms. The smallest absolute Gasteiger partial charge is 0.225 e. The summed E-state index contributed by atoms with van der Waals surface area (Å²) in [6.07, 6.45) is 1.42. The first-order valence-electron chi connectivity index (χ1n) is 7.22. The number of benzene rings is 1. The highest BCUT2D eigenvalue weighted by Crippen LogP contribution is 2.28. The lowest BCUT2D eigenvalue weighted by Gasteiger charge is -2.22. The van der Waals surface area contributed by atoms with Gasteiger partial charge in [0.1, 0.15) is 5.75 Å². The summed E-state index contributed by atoms with van der Waals surface area (Å²) < 4.78 is 5.51. The molecule has 1 unspecified atom stereocenters. The van der Waals surface area contributed by atoms with Crippen molar-refractivity contribution >= 4 is 47.4 Å². The van der Waals surface area contributed by atoms with Crippen LogP contribution in [0.2, 0.25) is 5.02 Å². The molecule has 0 radical (unpaired) electrons. The molecular weight excluding hydrogens is 343 g/mol. The third-order valence-electron chi connectivity index (χ3n) is 3.11. The van der Waals surface area contributed by atoms with Crippen molar-refractivity contribution in [2.45, 2.75) is 25.8 Å². The SMILES string of the molecule is CCCOc1ccc(NC(=O)CC2CSCCN2)cc1Cl.Cl. The molecule has 1 atom stereocenters. The number of rotatable bonds is 6. The molecular formula is C15H22Cl2N2O2S. The molecule has 2 N–H and O–H groups in total. The molecule has 0 aliphatic carbocycles. The Hall–Kier alpha value is -0.620. The Morgan fingerprint density at radius 3 is 3.00 bits per heavy atom. The van der Waals surface area contributed by atoms with Gasteiger partial charge in [-0.1, -0.05) is 18.5 Å². The standard InChI is InChI=1S/C15H21ClN2O2S.ClH/c1-2-6-20-14-4-3-11(8-13(14)16)18-15(19)9-12-10-21-7-5-17-12;/h3-4,8,12,17H,2,5-7,9-10H2,1H3,(H,18,19);1H. The molecule has 1 saturated heterocycles. The minimum Gasteiger partial charge on any atom is -0.492 e. The highest BCUT2D eigenvalue weighted by molar-refractivity contribution is 7.99. The minimum absolute atomic E-state index is 0. The topological polar surface area (TPSA) is 50.4 Å². The second-order valence-corrected chi connectivity index (χ2v) is 6.53. The van der Waals surface area contributed by atoms with Crippen LogP contribution < -0.4 is 15.4 Å². The number of hydrogen-bond acceptors (Lipinski definition) is 4. The van der Waals surface area contributed by atoms with Gasteiger partial charge in [-0.15, -0.1) is 12.4 Å². The minimum atomic E-state index is 0. The van der Waals surface area contributed by atoms with E-state index < -0.39 is 0 Å². The Bertz CT molecular complexity index is 483. The van der Waals surface area contributed by atoms with E-state index in [1.54, 1.807) is 12.1 Å². The summed E-state index contributed by atoms with van der Waals surface area (Å²) in [5.41, 5.74) is 0.706. The van der Waals surface area contributed by atoms with Crippen molar-refractivity contribution in [3.63, 3.8) is 0 Å². The molecule has 1 aliphatic rings. The maximum absolute atomic E-state index is 12.0. The van der Waals surface area contributed by atoms with Crippen LogP contribution in [0.3, 0.4) is 0 Å². The van der Waals surface area contributed by atoms with Crippen LogP contribution in [-0.4, -0.2) is 36.6 Å². The van der Waals surface area contributed by atoms with E-state index in [0.29, 0.717) is 29.5 Å². The zero-order valence-corrected chi connectivity index (χ0v) is 15.0. The Balaban J connectivity index is 0.00000242. The van der Waals surface area contributed by atoms with Crippen LogP contribution in [0.5, 0.6) is 5.75 Å². The fourth-order valence-electron chi connectivity index (χ4n) is 2.09. The number of anilines is 1. The fraction of sp³-hybridized carbons (Fsp3) is 0.533. The Labute approximate surface area is 147 Å². The molecule has 7 heteroatoms. The van der Waals surface area contributed by atoms with E-state index in [2.05, 4.69) is 10.6 Å². The lowest BCUT2D eigenvalue weighted by atomic mass is 10.2. The lowest BCUT2D eigenvalue weighted by Crippen LogP contribution is -2.39. The van der Waals surface area contributed by atoms with E-state index in [0.717, 1.165) is 24.5 Å². The van der Waals surface area contributed by atoms with Crippen LogP contribution in [0.1, 0.15) is 19.8 Å². The number of hydrogen-bond donors (Lipinski definition) is 2. The van der Waals surface area contributed by atoms with Crippen LogP contribution in [0, 0.1) is 0 Å². The predicted molar refractivity (Wildman–Crippen MR) is 96.8 cm³/mol. The van der Waals surface area contributed by atoms with Gasteiger partial charge in [-0.3, -0.25) is 4.79 Å². The number of ether oxygens (including phenoxy) is 1. The predicted octanol–water partition coefficient (Wildman–Crippen LogP) is 3.58. The third-order valence-corrected chi connectivity index (χ3v) is 4.53. The summed E-state index contributed by atoms with van der Waals surface area (Å²) in [6, 6.07) is 5.60. The van der Waals surface area contributed by atoms with Gasteiger partial charge in [0, 0.05) is 36.2 Å². The Kier molecular flexibility index (Phi) is 9.02. The van der Waals surface area contributed by atoms with Crippen molar-refractivity contribution in [3.8, 4) is 5.75 Å². The third kappa shape index (κ3) is 6.24. The number of thioether (sulfide) groups is 1. The zero-order valence-electron chi connectivity index (χ0n) is 12.6. The summed E-state index contributed by atoms with van der Waals surface area (Å²) in [6.45, 7) is 3.65. The van der Waals surface area contributed by atoms with Crippen LogP contribution in [-0.2, 0) is 4.79 Å². The number of carbonyl (C=O) groups is 1. The average Bonchev–Trinajstić information content (AvgIpc) is 2.47. The molecule has 1 aliphatic heterocycles. The van der Waals surface area contributed by atoms with Gasteiger partial charge in [0.25, 0.3) is 0 Å². The maximum atomic E-state index is 12.0. The van der Waals surface area contributed by atoms with Crippen LogP contribution in [0.25, 0.3) is 0 Å². The molecule has 2 rings (SSSR count). The largest absolute Gasteiger partial charge is 0.492 e. The van der Waals surface area contributed by atoms with Crippen LogP contribution in [0.15, 0.2) is 18.2 Å². The van der Waals surface area contributed by atoms with Gasteiger partial charge in [-0.2, -0.15) is 11.8 Å². The van der Waals surface area contributed by atoms with Crippen molar-refractivity contribution in [1.82, 2.24) is 5.32 Å². The first-order chi connectivity index (χ1) is 10.2. The lowest BCUT2D eigenvalue weighted by molar-refractivity contribution is -0.116.